The minimum absolute atomic E-state index is 0.187. The number of hydrogen-bond acceptors (Lipinski definition) is 1. The maximum absolute atomic E-state index is 6.55. The lowest BCUT2D eigenvalue weighted by atomic mass is 9.77. The monoisotopic (exact) mass is 253 g/mol. The lowest BCUT2D eigenvalue weighted by Gasteiger charge is -2.30. The normalized spacial score (nSPS) is 17.5. The molecule has 3 unspecified atom stereocenters. The summed E-state index contributed by atoms with van der Waals surface area (Å²) in [6.45, 7) is 11.3. The van der Waals surface area contributed by atoms with Crippen LogP contribution in [-0.4, -0.2) is 10.4 Å². The van der Waals surface area contributed by atoms with Crippen LogP contribution in [0.2, 0.25) is 0 Å². The third-order valence-corrected chi connectivity index (χ3v) is 4.39. The summed E-state index contributed by atoms with van der Waals surface area (Å²) in [5, 5.41) is 0.187. The molecule has 0 amide bonds. The molecule has 0 N–H and O–H groups in total. The Bertz CT molecular complexity index is 329. The average molecular weight is 254 g/mol. The molecule has 3 atom stereocenters. The molecule has 0 aliphatic rings. The summed E-state index contributed by atoms with van der Waals surface area (Å²) in [6, 6.07) is 4.11. The fraction of sp³-hybridized carbons (Fsp3) is 0.667. The Labute approximate surface area is 111 Å². The van der Waals surface area contributed by atoms with Gasteiger partial charge in [0.25, 0.3) is 0 Å². The van der Waals surface area contributed by atoms with Crippen molar-refractivity contribution in [3.8, 4) is 0 Å². The van der Waals surface area contributed by atoms with E-state index in [1.807, 2.05) is 12.4 Å². The summed E-state index contributed by atoms with van der Waals surface area (Å²) in [5.74, 6) is 0.999. The van der Waals surface area contributed by atoms with E-state index in [9.17, 15) is 0 Å². The Morgan fingerprint density at radius 1 is 1.18 bits per heavy atom. The summed E-state index contributed by atoms with van der Waals surface area (Å²) < 4.78 is 0. The summed E-state index contributed by atoms with van der Waals surface area (Å²) in [6.07, 6.45) is 4.72. The average Bonchev–Trinajstić information content (AvgIpc) is 2.27. The lowest BCUT2D eigenvalue weighted by molar-refractivity contribution is 0.240. The summed E-state index contributed by atoms with van der Waals surface area (Å²) >= 11 is 6.55. The first-order valence-corrected chi connectivity index (χ1v) is 6.80. The van der Waals surface area contributed by atoms with Crippen molar-refractivity contribution in [2.24, 2.45) is 11.3 Å². The van der Waals surface area contributed by atoms with Crippen LogP contribution < -0.4 is 0 Å². The largest absolute Gasteiger partial charge is 0.265 e. The zero-order valence-corrected chi connectivity index (χ0v) is 12.3. The van der Waals surface area contributed by atoms with E-state index >= 15 is 0 Å². The molecule has 0 radical (unpaired) electrons. The molecule has 0 aliphatic heterocycles. The van der Waals surface area contributed by atoms with Crippen molar-refractivity contribution < 1.29 is 0 Å². The zero-order valence-electron chi connectivity index (χ0n) is 11.6. The topological polar surface area (TPSA) is 12.9 Å². The van der Waals surface area contributed by atoms with Gasteiger partial charge in [-0.2, -0.15) is 0 Å². The smallest absolute Gasteiger partial charge is 0.0404 e. The van der Waals surface area contributed by atoms with Gasteiger partial charge in [-0.05, 0) is 41.4 Å². The van der Waals surface area contributed by atoms with Crippen molar-refractivity contribution in [1.29, 1.82) is 0 Å². The second-order valence-electron chi connectivity index (χ2n) is 6.09. The second-order valence-corrected chi connectivity index (χ2v) is 6.65. The lowest BCUT2D eigenvalue weighted by Crippen LogP contribution is -2.23. The number of hydrogen-bond donors (Lipinski definition) is 0. The van der Waals surface area contributed by atoms with Crippen molar-refractivity contribution >= 4 is 11.6 Å². The highest BCUT2D eigenvalue weighted by Gasteiger charge is 2.25. The molecule has 0 spiro atoms. The van der Waals surface area contributed by atoms with E-state index in [0.717, 1.165) is 6.42 Å². The van der Waals surface area contributed by atoms with E-state index in [4.69, 9.17) is 11.6 Å². The molecular weight excluding hydrogens is 230 g/mol. The van der Waals surface area contributed by atoms with Crippen LogP contribution in [0.5, 0.6) is 0 Å². The third-order valence-electron chi connectivity index (χ3n) is 3.83. The molecule has 0 saturated heterocycles. The molecule has 1 heterocycles. The number of nitrogens with zero attached hydrogens (tertiary/aromatic N) is 1. The fourth-order valence-corrected chi connectivity index (χ4v) is 2.18. The molecule has 96 valence electrons. The molecule has 1 nitrogen and oxygen atoms in total. The zero-order chi connectivity index (χ0) is 13.1. The van der Waals surface area contributed by atoms with Crippen LogP contribution >= 0.6 is 11.6 Å². The summed E-state index contributed by atoms with van der Waals surface area (Å²) in [7, 11) is 0. The van der Waals surface area contributed by atoms with Gasteiger partial charge in [0.05, 0.1) is 0 Å². The molecular formula is C15H24ClN. The van der Waals surface area contributed by atoms with Gasteiger partial charge in [0.15, 0.2) is 0 Å². The van der Waals surface area contributed by atoms with Gasteiger partial charge in [0.2, 0.25) is 0 Å². The molecule has 0 aromatic carbocycles. The van der Waals surface area contributed by atoms with Gasteiger partial charge >= 0.3 is 0 Å². The van der Waals surface area contributed by atoms with Gasteiger partial charge in [0, 0.05) is 17.8 Å². The Balaban J connectivity index is 2.62. The maximum atomic E-state index is 6.55. The van der Waals surface area contributed by atoms with Gasteiger partial charge in [-0.1, -0.05) is 34.6 Å². The molecule has 1 aromatic heterocycles. The number of aromatic nitrogens is 1. The molecule has 0 aliphatic carbocycles. The van der Waals surface area contributed by atoms with E-state index in [1.54, 1.807) is 0 Å². The van der Waals surface area contributed by atoms with Crippen LogP contribution in [0.15, 0.2) is 24.5 Å². The Hall–Kier alpha value is -0.560. The molecule has 0 saturated carbocycles. The highest BCUT2D eigenvalue weighted by atomic mass is 35.5. The number of halogens is 1. The summed E-state index contributed by atoms with van der Waals surface area (Å²) in [4.78, 5) is 4.04. The number of alkyl halides is 1. The first-order valence-electron chi connectivity index (χ1n) is 6.36. The predicted octanol–water partition coefficient (Wildman–Crippen LogP) is 4.86. The molecule has 1 aromatic rings. The molecule has 1 rings (SSSR count). The van der Waals surface area contributed by atoms with Gasteiger partial charge < -0.3 is 0 Å². The van der Waals surface area contributed by atoms with E-state index in [0.29, 0.717) is 17.3 Å². The van der Waals surface area contributed by atoms with E-state index < -0.39 is 0 Å². The van der Waals surface area contributed by atoms with Gasteiger partial charge in [-0.3, -0.25) is 4.98 Å². The molecule has 0 bridgehead atoms. The Morgan fingerprint density at radius 2 is 1.71 bits per heavy atom. The van der Waals surface area contributed by atoms with E-state index in [1.165, 1.54) is 5.56 Å². The Morgan fingerprint density at radius 3 is 2.18 bits per heavy atom. The quantitative estimate of drug-likeness (QED) is 0.698. The van der Waals surface area contributed by atoms with Crippen molar-refractivity contribution in [1.82, 2.24) is 4.98 Å². The predicted molar refractivity (Wildman–Crippen MR) is 75.5 cm³/mol. The van der Waals surface area contributed by atoms with Crippen molar-refractivity contribution in [3.63, 3.8) is 0 Å². The van der Waals surface area contributed by atoms with Gasteiger partial charge in [-0.15, -0.1) is 11.6 Å². The highest BCUT2D eigenvalue weighted by Crippen LogP contribution is 2.34. The fourth-order valence-electron chi connectivity index (χ4n) is 1.77. The van der Waals surface area contributed by atoms with Crippen LogP contribution in [0.4, 0.5) is 0 Å². The minimum Gasteiger partial charge on any atom is -0.265 e. The van der Waals surface area contributed by atoms with Crippen LogP contribution in [0, 0.1) is 11.3 Å². The second kappa shape index (κ2) is 5.86. The van der Waals surface area contributed by atoms with Gasteiger partial charge in [0.1, 0.15) is 0 Å². The molecule has 17 heavy (non-hydrogen) atoms. The SMILES string of the molecule is CC(c1ccncc1)C(Cl)CC(C)C(C)(C)C. The maximum Gasteiger partial charge on any atom is 0.0404 e. The van der Waals surface area contributed by atoms with Crippen molar-refractivity contribution in [2.45, 2.75) is 52.3 Å². The first-order chi connectivity index (χ1) is 7.82. The van der Waals surface area contributed by atoms with Crippen molar-refractivity contribution in [2.75, 3.05) is 0 Å². The van der Waals surface area contributed by atoms with E-state index in [-0.39, 0.29) is 5.38 Å². The standard InChI is InChI=1S/C15H24ClN/c1-11(15(3,4)5)10-14(16)12(2)13-6-8-17-9-7-13/h6-9,11-12,14H,10H2,1-5H3. The first kappa shape index (κ1) is 14.5. The number of rotatable bonds is 4. The van der Waals surface area contributed by atoms with Crippen LogP contribution in [0.1, 0.15) is 52.5 Å². The van der Waals surface area contributed by atoms with E-state index in [2.05, 4.69) is 51.7 Å². The molecule has 2 heteroatoms. The number of pyridine rings is 1. The van der Waals surface area contributed by atoms with Crippen LogP contribution in [0.25, 0.3) is 0 Å². The Kier molecular flexibility index (Phi) is 5.00. The third kappa shape index (κ3) is 4.31. The van der Waals surface area contributed by atoms with Crippen LogP contribution in [-0.2, 0) is 0 Å². The van der Waals surface area contributed by atoms with Crippen LogP contribution in [0.3, 0.4) is 0 Å². The summed E-state index contributed by atoms with van der Waals surface area (Å²) in [5.41, 5.74) is 1.60. The minimum atomic E-state index is 0.187. The molecule has 0 fully saturated rings. The van der Waals surface area contributed by atoms with Crippen molar-refractivity contribution in [3.05, 3.63) is 30.1 Å². The van der Waals surface area contributed by atoms with Gasteiger partial charge in [-0.25, -0.2) is 0 Å². The highest BCUT2D eigenvalue weighted by molar-refractivity contribution is 6.21.